The van der Waals surface area contributed by atoms with Gasteiger partial charge in [-0.05, 0) is 139 Å². The molecule has 45 heavy (non-hydrogen) atoms. The fourth-order valence-corrected chi connectivity index (χ4v) is 8.98. The van der Waals surface area contributed by atoms with Gasteiger partial charge in [0.2, 0.25) is 0 Å². The van der Waals surface area contributed by atoms with E-state index in [9.17, 15) is 14.4 Å². The van der Waals surface area contributed by atoms with Crippen LogP contribution in [-0.4, -0.2) is 24.5 Å². The first-order valence-electron chi connectivity index (χ1n) is 15.9. The maximum absolute atomic E-state index is 13.7. The number of anilines is 1. The van der Waals surface area contributed by atoms with E-state index in [-0.39, 0.29) is 11.0 Å². The quantitative estimate of drug-likeness (QED) is 0.195. The van der Waals surface area contributed by atoms with Crippen molar-refractivity contribution in [3.8, 4) is 11.5 Å². The van der Waals surface area contributed by atoms with Crippen molar-refractivity contribution in [2.24, 2.45) is 17.8 Å². The molecule has 5 aliphatic rings. The van der Waals surface area contributed by atoms with Crippen LogP contribution in [0.25, 0.3) is 6.08 Å². The summed E-state index contributed by atoms with van der Waals surface area (Å²) in [5.74, 6) is 2.06. The summed E-state index contributed by atoms with van der Waals surface area (Å²) in [7, 11) is 0. The number of halogens is 1. The third-order valence-electron chi connectivity index (χ3n) is 10.0. The number of hydrogen-bond acceptors (Lipinski definition) is 5. The highest BCUT2D eigenvalue weighted by molar-refractivity contribution is 9.10. The van der Waals surface area contributed by atoms with Crippen molar-refractivity contribution in [2.75, 3.05) is 11.5 Å². The molecule has 5 fully saturated rings. The maximum Gasteiger partial charge on any atom is 0.335 e. The van der Waals surface area contributed by atoms with Crippen LogP contribution < -0.4 is 19.7 Å². The van der Waals surface area contributed by atoms with Crippen molar-refractivity contribution in [2.45, 2.75) is 64.4 Å². The number of amides is 4. The SMILES string of the molecule is CCOc1cc(/C=C2\C(=O)NC(=O)N(c3ccc(C45CC6CC(CC(C6)C4)C5)cc3)C2=O)cc(Br)c1OCc1ccc(C)cc1. The smallest absolute Gasteiger partial charge is 0.335 e. The Kier molecular flexibility index (Phi) is 7.80. The normalized spacial score (nSPS) is 26.4. The first-order valence-corrected chi connectivity index (χ1v) is 16.7. The summed E-state index contributed by atoms with van der Waals surface area (Å²) in [6.45, 7) is 4.65. The van der Waals surface area contributed by atoms with Crippen molar-refractivity contribution in [3.63, 3.8) is 0 Å². The molecule has 0 atom stereocenters. The molecule has 0 aromatic heterocycles. The first-order chi connectivity index (χ1) is 21.7. The Labute approximate surface area is 272 Å². The average Bonchev–Trinajstić information content (AvgIpc) is 2.99. The minimum absolute atomic E-state index is 0.137. The lowest BCUT2D eigenvalue weighted by Crippen LogP contribution is -2.54. The van der Waals surface area contributed by atoms with Crippen molar-refractivity contribution in [1.82, 2.24) is 5.32 Å². The van der Waals surface area contributed by atoms with E-state index in [4.69, 9.17) is 9.47 Å². The van der Waals surface area contributed by atoms with Gasteiger partial charge in [0.25, 0.3) is 11.8 Å². The number of rotatable bonds is 8. The van der Waals surface area contributed by atoms with E-state index in [0.29, 0.717) is 40.4 Å². The third kappa shape index (κ3) is 5.69. The summed E-state index contributed by atoms with van der Waals surface area (Å²) < 4.78 is 12.6. The van der Waals surface area contributed by atoms with Gasteiger partial charge in [-0.2, -0.15) is 0 Å². The number of nitrogens with zero attached hydrogens (tertiary/aromatic N) is 1. The molecule has 1 N–H and O–H groups in total. The maximum atomic E-state index is 13.7. The van der Waals surface area contributed by atoms with Crippen LogP contribution in [-0.2, 0) is 21.6 Å². The summed E-state index contributed by atoms with van der Waals surface area (Å²) in [6.07, 6.45) is 9.30. The Morgan fingerprint density at radius 3 is 2.18 bits per heavy atom. The van der Waals surface area contributed by atoms with E-state index in [1.54, 1.807) is 12.1 Å². The molecule has 3 aromatic carbocycles. The van der Waals surface area contributed by atoms with Gasteiger partial charge in [-0.1, -0.05) is 42.0 Å². The van der Waals surface area contributed by atoms with Gasteiger partial charge in [0.1, 0.15) is 12.2 Å². The van der Waals surface area contributed by atoms with Crippen LogP contribution in [0.3, 0.4) is 0 Å². The molecule has 1 heterocycles. The molecule has 3 aromatic rings. The van der Waals surface area contributed by atoms with Crippen LogP contribution in [0.1, 0.15) is 67.7 Å². The monoisotopic (exact) mass is 668 g/mol. The minimum atomic E-state index is -0.749. The van der Waals surface area contributed by atoms with E-state index in [0.717, 1.165) is 28.2 Å². The number of urea groups is 1. The Morgan fingerprint density at radius 2 is 1.56 bits per heavy atom. The fraction of sp³-hybridized carbons (Fsp3) is 0.378. The molecule has 232 valence electrons. The molecule has 1 aliphatic heterocycles. The van der Waals surface area contributed by atoms with Crippen LogP contribution in [0.15, 0.2) is 70.7 Å². The summed E-state index contributed by atoms with van der Waals surface area (Å²) in [4.78, 5) is 40.7. The standard InChI is InChI=1S/C37H37BrN2O5/c1-3-44-32-17-24(16-31(38)33(32)45-21-23-6-4-22(2)5-7-23)15-30-34(41)39-36(43)40(35(30)42)29-10-8-28(9-11-29)37-18-25-12-26(19-37)14-27(13-25)20-37/h4-11,15-17,25-27H,3,12-14,18-21H2,1-2H3,(H,39,41,43)/b30-15+. The van der Waals surface area contributed by atoms with Crippen LogP contribution in [0.4, 0.5) is 10.5 Å². The average molecular weight is 670 g/mol. The highest BCUT2D eigenvalue weighted by Crippen LogP contribution is 2.60. The summed E-state index contributed by atoms with van der Waals surface area (Å²) >= 11 is 3.59. The summed E-state index contributed by atoms with van der Waals surface area (Å²) in [5.41, 5.74) is 4.56. The molecule has 7 nitrogen and oxygen atoms in total. The molecule has 4 bridgehead atoms. The number of ether oxygens (including phenoxy) is 2. The predicted molar refractivity (Wildman–Crippen MR) is 176 cm³/mol. The van der Waals surface area contributed by atoms with Gasteiger partial charge in [0.15, 0.2) is 11.5 Å². The molecule has 8 heteroatoms. The largest absolute Gasteiger partial charge is 0.490 e. The molecule has 1 saturated heterocycles. The van der Waals surface area contributed by atoms with Crippen molar-refractivity contribution in [1.29, 1.82) is 0 Å². The Balaban J connectivity index is 1.14. The molecule has 8 rings (SSSR count). The molecular weight excluding hydrogens is 632 g/mol. The molecule has 0 spiro atoms. The Hall–Kier alpha value is -3.91. The zero-order valence-corrected chi connectivity index (χ0v) is 27.2. The number of nitrogens with one attached hydrogen (secondary N) is 1. The van der Waals surface area contributed by atoms with Gasteiger partial charge in [-0.25, -0.2) is 9.69 Å². The van der Waals surface area contributed by atoms with Gasteiger partial charge in [-0.15, -0.1) is 0 Å². The van der Waals surface area contributed by atoms with Gasteiger partial charge in [-0.3, -0.25) is 14.9 Å². The number of imide groups is 2. The number of barbiturate groups is 1. The molecule has 0 unspecified atom stereocenters. The Morgan fingerprint density at radius 1 is 0.911 bits per heavy atom. The zero-order valence-electron chi connectivity index (χ0n) is 25.6. The van der Waals surface area contributed by atoms with Gasteiger partial charge >= 0.3 is 6.03 Å². The fourth-order valence-electron chi connectivity index (χ4n) is 8.40. The van der Waals surface area contributed by atoms with E-state index < -0.39 is 17.8 Å². The number of hydrogen-bond donors (Lipinski definition) is 1. The second kappa shape index (κ2) is 11.8. The van der Waals surface area contributed by atoms with Gasteiger partial charge < -0.3 is 9.47 Å². The molecule has 4 amide bonds. The van der Waals surface area contributed by atoms with Crippen molar-refractivity contribution in [3.05, 3.63) is 93.0 Å². The van der Waals surface area contributed by atoms with E-state index in [1.165, 1.54) is 55.7 Å². The summed E-state index contributed by atoms with van der Waals surface area (Å²) in [6, 6.07) is 18.7. The lowest BCUT2D eigenvalue weighted by Gasteiger charge is -2.57. The number of carbonyl (C=O) groups excluding carboxylic acids is 3. The highest BCUT2D eigenvalue weighted by Gasteiger charge is 2.51. The predicted octanol–water partition coefficient (Wildman–Crippen LogP) is 7.87. The van der Waals surface area contributed by atoms with E-state index in [2.05, 4.69) is 33.4 Å². The number of benzene rings is 3. The lowest BCUT2D eigenvalue weighted by atomic mass is 9.48. The van der Waals surface area contributed by atoms with Crippen LogP contribution in [0.2, 0.25) is 0 Å². The first kappa shape index (κ1) is 29.8. The van der Waals surface area contributed by atoms with Crippen molar-refractivity contribution >= 4 is 45.5 Å². The second-order valence-corrected chi connectivity index (χ2v) is 14.1. The second-order valence-electron chi connectivity index (χ2n) is 13.2. The van der Waals surface area contributed by atoms with E-state index in [1.807, 2.05) is 50.2 Å². The van der Waals surface area contributed by atoms with Gasteiger partial charge in [0.05, 0.1) is 16.8 Å². The van der Waals surface area contributed by atoms with Crippen LogP contribution in [0, 0.1) is 24.7 Å². The molecule has 4 saturated carbocycles. The van der Waals surface area contributed by atoms with Crippen LogP contribution in [0.5, 0.6) is 11.5 Å². The molecule has 4 aliphatic carbocycles. The van der Waals surface area contributed by atoms with Gasteiger partial charge in [0, 0.05) is 0 Å². The number of aryl methyl sites for hydroxylation is 1. The summed E-state index contributed by atoms with van der Waals surface area (Å²) in [5, 5.41) is 2.35. The Bertz CT molecular complexity index is 1660. The van der Waals surface area contributed by atoms with E-state index >= 15 is 0 Å². The third-order valence-corrected chi connectivity index (χ3v) is 10.6. The lowest BCUT2D eigenvalue weighted by molar-refractivity contribution is -0.122. The minimum Gasteiger partial charge on any atom is -0.490 e. The zero-order chi connectivity index (χ0) is 31.3. The molecule has 0 radical (unpaired) electrons. The number of carbonyl (C=O) groups is 3. The van der Waals surface area contributed by atoms with Crippen LogP contribution >= 0.6 is 15.9 Å². The highest BCUT2D eigenvalue weighted by atomic mass is 79.9. The topological polar surface area (TPSA) is 84.9 Å². The molecular formula is C37H37BrN2O5. The van der Waals surface area contributed by atoms with Crippen molar-refractivity contribution < 1.29 is 23.9 Å².